The first-order valence-corrected chi connectivity index (χ1v) is 10.6. The second-order valence-electron chi connectivity index (χ2n) is 7.81. The molecule has 14 heteroatoms. The van der Waals surface area contributed by atoms with E-state index in [0.717, 1.165) is 35.3 Å². The van der Waals surface area contributed by atoms with E-state index in [1.54, 1.807) is 10.8 Å². The lowest BCUT2D eigenvalue weighted by atomic mass is 10.1. The van der Waals surface area contributed by atoms with Gasteiger partial charge in [-0.1, -0.05) is 12.1 Å². The summed E-state index contributed by atoms with van der Waals surface area (Å²) in [6, 6.07) is 2.49. The van der Waals surface area contributed by atoms with Crippen LogP contribution in [0.3, 0.4) is 0 Å². The monoisotopic (exact) mass is 501 g/mol. The Morgan fingerprint density at radius 2 is 1.78 bits per heavy atom. The van der Waals surface area contributed by atoms with E-state index in [9.17, 15) is 22.0 Å². The van der Waals surface area contributed by atoms with Crippen LogP contribution in [0.4, 0.5) is 27.8 Å². The smallest absolute Gasteiger partial charge is 0.383 e. The van der Waals surface area contributed by atoms with Crippen molar-refractivity contribution in [2.24, 2.45) is 0 Å². The van der Waals surface area contributed by atoms with Crippen LogP contribution in [0.15, 0.2) is 49.3 Å². The van der Waals surface area contributed by atoms with Gasteiger partial charge in [-0.2, -0.15) is 13.2 Å². The maximum atomic E-state index is 14.2. The lowest BCUT2D eigenvalue weighted by Crippen LogP contribution is -2.10. The molecular weight excluding hydrogens is 485 g/mol. The van der Waals surface area contributed by atoms with Crippen LogP contribution in [-0.2, 0) is 6.18 Å². The summed E-state index contributed by atoms with van der Waals surface area (Å²) >= 11 is 0. The van der Waals surface area contributed by atoms with E-state index >= 15 is 0 Å². The Bertz CT molecular complexity index is 1560. The van der Waals surface area contributed by atoms with Gasteiger partial charge in [-0.25, -0.2) is 33.4 Å². The van der Waals surface area contributed by atoms with Crippen molar-refractivity contribution in [1.82, 2.24) is 39.5 Å². The summed E-state index contributed by atoms with van der Waals surface area (Å²) < 4.78 is 69.5. The Morgan fingerprint density at radius 1 is 1.03 bits per heavy atom. The Morgan fingerprint density at radius 3 is 2.47 bits per heavy atom. The highest BCUT2D eigenvalue weighted by Gasteiger charge is 2.34. The zero-order valence-electron chi connectivity index (χ0n) is 18.4. The number of nitrogen functional groups attached to an aromatic ring is 1. The molecule has 5 rings (SSSR count). The van der Waals surface area contributed by atoms with Crippen molar-refractivity contribution < 1.29 is 22.0 Å². The predicted octanol–water partition coefficient (Wildman–Crippen LogP) is 4.35. The van der Waals surface area contributed by atoms with Crippen molar-refractivity contribution in [3.63, 3.8) is 0 Å². The second kappa shape index (κ2) is 8.62. The largest absolute Gasteiger partial charge is 0.451 e. The Balaban J connectivity index is 1.62. The van der Waals surface area contributed by atoms with Gasteiger partial charge in [0.1, 0.15) is 40.8 Å². The highest BCUT2D eigenvalue weighted by atomic mass is 19.4. The lowest BCUT2D eigenvalue weighted by Gasteiger charge is -2.15. The molecule has 0 saturated heterocycles. The van der Waals surface area contributed by atoms with E-state index in [-0.39, 0.29) is 17.1 Å². The minimum Gasteiger partial charge on any atom is -0.383 e. The molecule has 0 saturated carbocycles. The van der Waals surface area contributed by atoms with Crippen LogP contribution >= 0.6 is 0 Å². The fourth-order valence-electron chi connectivity index (χ4n) is 3.94. The highest BCUT2D eigenvalue weighted by molar-refractivity contribution is 6.00. The number of rotatable bonds is 5. The minimum absolute atomic E-state index is 0.106. The number of fused-ring (bicyclic) bond motifs is 1. The van der Waals surface area contributed by atoms with Crippen molar-refractivity contribution >= 4 is 16.9 Å². The summed E-state index contributed by atoms with van der Waals surface area (Å²) in [5.74, 6) is -2.49. The van der Waals surface area contributed by atoms with Gasteiger partial charge in [-0.15, -0.1) is 5.10 Å². The number of nitrogens with zero attached hydrogens (tertiary/aromatic N) is 8. The maximum Gasteiger partial charge on any atom is 0.451 e. The zero-order valence-corrected chi connectivity index (χ0v) is 18.4. The van der Waals surface area contributed by atoms with Crippen LogP contribution < -0.4 is 5.73 Å². The number of halogens is 5. The number of aromatic nitrogens is 8. The molecule has 4 aromatic heterocycles. The molecule has 0 bridgehead atoms. The average Bonchev–Trinajstić information content (AvgIpc) is 3.48. The second-order valence-corrected chi connectivity index (χ2v) is 7.81. The molecule has 4 heterocycles. The number of nitrogens with two attached hydrogens (primary N) is 1. The van der Waals surface area contributed by atoms with Crippen LogP contribution in [0.5, 0.6) is 0 Å². The molecule has 1 atom stereocenters. The first kappa shape index (κ1) is 23.3. The summed E-state index contributed by atoms with van der Waals surface area (Å²) in [7, 11) is 0. The van der Waals surface area contributed by atoms with Crippen LogP contribution in [-0.4, -0.2) is 39.5 Å². The first-order chi connectivity index (χ1) is 17.2. The van der Waals surface area contributed by atoms with Gasteiger partial charge in [-0.05, 0) is 18.6 Å². The molecule has 0 amide bonds. The van der Waals surface area contributed by atoms with E-state index in [1.807, 2.05) is 6.92 Å². The van der Waals surface area contributed by atoms with Gasteiger partial charge in [-0.3, -0.25) is 0 Å². The summed E-state index contributed by atoms with van der Waals surface area (Å²) in [4.78, 5) is 15.2. The predicted molar refractivity (Wildman–Crippen MR) is 118 cm³/mol. The van der Waals surface area contributed by atoms with Crippen molar-refractivity contribution in [2.45, 2.75) is 25.6 Å². The van der Waals surface area contributed by atoms with Crippen molar-refractivity contribution in [1.29, 1.82) is 0 Å². The third-order valence-electron chi connectivity index (χ3n) is 5.59. The van der Waals surface area contributed by atoms with Crippen LogP contribution in [0, 0.1) is 11.6 Å². The van der Waals surface area contributed by atoms with Gasteiger partial charge >= 0.3 is 6.18 Å². The van der Waals surface area contributed by atoms with E-state index in [0.29, 0.717) is 28.7 Å². The summed E-state index contributed by atoms with van der Waals surface area (Å²) in [6.45, 7) is 1.86. The number of hydrogen-bond donors (Lipinski definition) is 1. The SMILES string of the molecule is CC[C@@H](c1cn(-c2cc(F)ccc2F)nn1)n1cc(-c2cnc(C(F)(F)F)nc2)c2c(N)ncnc21. The normalized spacial score (nSPS) is 12.8. The minimum atomic E-state index is -4.69. The van der Waals surface area contributed by atoms with Gasteiger partial charge in [0.2, 0.25) is 5.82 Å². The van der Waals surface area contributed by atoms with Crippen LogP contribution in [0.2, 0.25) is 0 Å². The number of hydrogen-bond acceptors (Lipinski definition) is 7. The molecule has 0 aliphatic rings. The fourth-order valence-corrected chi connectivity index (χ4v) is 3.94. The van der Waals surface area contributed by atoms with Crippen molar-refractivity contribution in [2.75, 3.05) is 5.73 Å². The number of anilines is 1. The molecule has 1 aromatic carbocycles. The van der Waals surface area contributed by atoms with Crippen molar-refractivity contribution in [3.8, 4) is 16.8 Å². The van der Waals surface area contributed by atoms with E-state index < -0.39 is 29.7 Å². The molecular formula is C22H16F5N9. The zero-order chi connectivity index (χ0) is 25.6. The third kappa shape index (κ3) is 3.99. The Labute approximate surface area is 199 Å². The molecule has 0 radical (unpaired) electrons. The van der Waals surface area contributed by atoms with Crippen LogP contribution in [0.1, 0.15) is 30.9 Å². The molecule has 0 spiro atoms. The van der Waals surface area contributed by atoms with Gasteiger partial charge in [0.15, 0.2) is 0 Å². The van der Waals surface area contributed by atoms with Gasteiger partial charge in [0.25, 0.3) is 0 Å². The summed E-state index contributed by atoms with van der Waals surface area (Å²) in [6.07, 6.45) is 2.24. The molecule has 2 N–H and O–H groups in total. The summed E-state index contributed by atoms with van der Waals surface area (Å²) in [5, 5.41) is 8.47. The standard InChI is InChI=1S/C22H16F5N9/c1-2-16(15-9-36(34-33-15)17-5-12(23)3-4-14(17)24)35-8-13(18-19(28)31-10-32-20(18)35)11-6-29-21(30-7-11)22(25,26)27/h3-10,16H,2H2,1H3,(H2,28,31,32)/t16-/m0/s1. The van der Waals surface area contributed by atoms with Crippen molar-refractivity contribution in [3.05, 3.63) is 72.5 Å². The third-order valence-corrected chi connectivity index (χ3v) is 5.59. The highest BCUT2D eigenvalue weighted by Crippen LogP contribution is 2.36. The topological polar surface area (TPSA) is 113 Å². The maximum absolute atomic E-state index is 14.2. The summed E-state index contributed by atoms with van der Waals surface area (Å²) in [5.41, 5.74) is 7.47. The average molecular weight is 501 g/mol. The van der Waals surface area contributed by atoms with Gasteiger partial charge in [0.05, 0.1) is 17.6 Å². The Kier molecular flexibility index (Phi) is 5.57. The molecule has 0 aliphatic carbocycles. The molecule has 0 unspecified atom stereocenters. The van der Waals surface area contributed by atoms with E-state index in [2.05, 4.69) is 30.2 Å². The lowest BCUT2D eigenvalue weighted by molar-refractivity contribution is -0.144. The van der Waals surface area contributed by atoms with Crippen LogP contribution in [0.25, 0.3) is 27.8 Å². The van der Waals surface area contributed by atoms with Gasteiger partial charge in [0, 0.05) is 35.8 Å². The first-order valence-electron chi connectivity index (χ1n) is 10.6. The molecule has 0 fully saturated rings. The fraction of sp³-hybridized carbons (Fsp3) is 0.182. The van der Waals surface area contributed by atoms with Gasteiger partial charge < -0.3 is 10.3 Å². The molecule has 184 valence electrons. The molecule has 5 aromatic rings. The molecule has 9 nitrogen and oxygen atoms in total. The number of benzene rings is 1. The van der Waals surface area contributed by atoms with E-state index in [1.165, 1.54) is 12.5 Å². The Hall–Kier alpha value is -4.49. The molecule has 0 aliphatic heterocycles. The number of alkyl halides is 3. The van der Waals surface area contributed by atoms with E-state index in [4.69, 9.17) is 5.73 Å². The molecule has 36 heavy (non-hydrogen) atoms. The quantitative estimate of drug-likeness (QED) is 0.356.